The summed E-state index contributed by atoms with van der Waals surface area (Å²) in [5.74, 6) is 1.55. The summed E-state index contributed by atoms with van der Waals surface area (Å²) in [5.41, 5.74) is 2.32. The van der Waals surface area contributed by atoms with Gasteiger partial charge in [-0.1, -0.05) is 22.9 Å². The molecular weight excluding hydrogens is 360 g/mol. The molecule has 0 fully saturated rings. The maximum Gasteiger partial charge on any atom is 0.162 e. The number of ether oxygens (including phenoxy) is 2. The Hall–Kier alpha value is -0.710. The van der Waals surface area contributed by atoms with Crippen LogP contribution < -0.4 is 9.47 Å². The molecule has 0 aliphatic carbocycles. The fraction of sp³-hybridized carbons (Fsp3) is 0.333. The van der Waals surface area contributed by atoms with E-state index in [1.807, 2.05) is 12.1 Å². The fourth-order valence-electron chi connectivity index (χ4n) is 2.28. The molecule has 0 saturated heterocycles. The van der Waals surface area contributed by atoms with Crippen molar-refractivity contribution < 1.29 is 9.47 Å². The molecule has 5 heteroatoms. The summed E-state index contributed by atoms with van der Waals surface area (Å²) >= 11 is 12.0. The Bertz CT molecular complexity index is 626. The lowest BCUT2D eigenvalue weighted by Crippen LogP contribution is -2.15. The van der Waals surface area contributed by atoms with Crippen LogP contribution in [0, 0.1) is 0 Å². The smallest absolute Gasteiger partial charge is 0.162 e. The quantitative estimate of drug-likeness (QED) is 0.691. The van der Waals surface area contributed by atoms with Crippen LogP contribution in [0.5, 0.6) is 11.5 Å². The second kappa shape index (κ2) is 5.96. The van der Waals surface area contributed by atoms with Gasteiger partial charge in [0.1, 0.15) is 13.2 Å². The number of rotatable bonds is 3. The highest BCUT2D eigenvalue weighted by molar-refractivity contribution is 9.10. The first-order valence-corrected chi connectivity index (χ1v) is 8.61. The van der Waals surface area contributed by atoms with Crippen molar-refractivity contribution >= 4 is 38.9 Å². The van der Waals surface area contributed by atoms with E-state index in [4.69, 9.17) is 21.1 Å². The molecule has 1 aliphatic heterocycles. The Kier molecular flexibility index (Phi) is 4.24. The van der Waals surface area contributed by atoms with Gasteiger partial charge in [0, 0.05) is 9.35 Å². The summed E-state index contributed by atoms with van der Waals surface area (Å²) in [6.45, 7) is 3.32. The van der Waals surface area contributed by atoms with Crippen LogP contribution in [0.1, 0.15) is 28.3 Å². The van der Waals surface area contributed by atoms with Gasteiger partial charge in [0.2, 0.25) is 0 Å². The standard InChI is InChI=1S/C15H14BrClO2S/c1-2-9-3-6-20-15(9)14(17)10-7-12-13(8-11(10)16)19-5-4-18-12/h3,6-8,14H,2,4-5H2,1H3. The van der Waals surface area contributed by atoms with Gasteiger partial charge in [0.25, 0.3) is 0 Å². The zero-order chi connectivity index (χ0) is 14.1. The van der Waals surface area contributed by atoms with Gasteiger partial charge in [-0.2, -0.15) is 0 Å². The monoisotopic (exact) mass is 372 g/mol. The Labute approximate surface area is 135 Å². The number of halogens is 2. The Morgan fingerprint density at radius 3 is 2.70 bits per heavy atom. The van der Waals surface area contributed by atoms with Crippen LogP contribution in [0.2, 0.25) is 0 Å². The number of benzene rings is 1. The van der Waals surface area contributed by atoms with Gasteiger partial charge < -0.3 is 9.47 Å². The summed E-state index contributed by atoms with van der Waals surface area (Å²) < 4.78 is 12.2. The minimum Gasteiger partial charge on any atom is -0.486 e. The summed E-state index contributed by atoms with van der Waals surface area (Å²) in [7, 11) is 0. The molecule has 1 unspecified atom stereocenters. The third kappa shape index (κ3) is 2.57. The number of aryl methyl sites for hydroxylation is 1. The molecule has 1 aliphatic rings. The van der Waals surface area contributed by atoms with Crippen LogP contribution in [-0.2, 0) is 6.42 Å². The van der Waals surface area contributed by atoms with E-state index in [0.29, 0.717) is 13.2 Å². The van der Waals surface area contributed by atoms with Crippen LogP contribution in [-0.4, -0.2) is 13.2 Å². The zero-order valence-electron chi connectivity index (χ0n) is 11.0. The average Bonchev–Trinajstić information content (AvgIpc) is 2.94. The Balaban J connectivity index is 2.01. The lowest BCUT2D eigenvalue weighted by Gasteiger charge is -2.21. The molecule has 2 nitrogen and oxygen atoms in total. The van der Waals surface area contributed by atoms with E-state index in [-0.39, 0.29) is 5.38 Å². The molecule has 0 saturated carbocycles. The summed E-state index contributed by atoms with van der Waals surface area (Å²) in [5, 5.41) is 1.92. The molecule has 0 amide bonds. The van der Waals surface area contributed by atoms with E-state index >= 15 is 0 Å². The third-order valence-corrected chi connectivity index (χ3v) is 5.62. The minimum absolute atomic E-state index is 0.171. The molecule has 0 radical (unpaired) electrons. The zero-order valence-corrected chi connectivity index (χ0v) is 14.1. The van der Waals surface area contributed by atoms with Crippen molar-refractivity contribution in [3.8, 4) is 11.5 Å². The number of thiophene rings is 1. The molecule has 2 aromatic rings. The van der Waals surface area contributed by atoms with E-state index < -0.39 is 0 Å². The van der Waals surface area contributed by atoms with Crippen molar-refractivity contribution in [3.05, 3.63) is 44.1 Å². The van der Waals surface area contributed by atoms with Crippen LogP contribution in [0.15, 0.2) is 28.1 Å². The van der Waals surface area contributed by atoms with Gasteiger partial charge in [-0.3, -0.25) is 0 Å². The lowest BCUT2D eigenvalue weighted by molar-refractivity contribution is 0.171. The third-order valence-electron chi connectivity index (χ3n) is 3.33. The van der Waals surface area contributed by atoms with E-state index in [0.717, 1.165) is 28.0 Å². The first kappa shape index (κ1) is 14.2. The number of fused-ring (bicyclic) bond motifs is 1. The van der Waals surface area contributed by atoms with Crippen LogP contribution in [0.4, 0.5) is 0 Å². The van der Waals surface area contributed by atoms with Gasteiger partial charge in [0.05, 0.1) is 5.38 Å². The van der Waals surface area contributed by atoms with Crippen molar-refractivity contribution in [2.75, 3.05) is 13.2 Å². The summed E-state index contributed by atoms with van der Waals surface area (Å²) in [6, 6.07) is 6.06. The number of hydrogen-bond acceptors (Lipinski definition) is 3. The second-order valence-corrected chi connectivity index (χ2v) is 6.78. The maximum atomic E-state index is 6.69. The molecule has 1 atom stereocenters. The molecule has 1 aromatic heterocycles. The molecule has 0 N–H and O–H groups in total. The highest BCUT2D eigenvalue weighted by atomic mass is 79.9. The van der Waals surface area contributed by atoms with Crippen molar-refractivity contribution in [1.82, 2.24) is 0 Å². The van der Waals surface area contributed by atoms with Crippen LogP contribution in [0.25, 0.3) is 0 Å². The van der Waals surface area contributed by atoms with Crippen molar-refractivity contribution in [2.45, 2.75) is 18.7 Å². The highest BCUT2D eigenvalue weighted by Gasteiger charge is 2.22. The lowest BCUT2D eigenvalue weighted by atomic mass is 10.1. The topological polar surface area (TPSA) is 18.5 Å². The molecular formula is C15H14BrClO2S. The molecule has 0 spiro atoms. The maximum absolute atomic E-state index is 6.69. The highest BCUT2D eigenvalue weighted by Crippen LogP contribution is 2.43. The van der Waals surface area contributed by atoms with Crippen LogP contribution in [0.3, 0.4) is 0 Å². The van der Waals surface area contributed by atoms with E-state index in [1.165, 1.54) is 10.4 Å². The van der Waals surface area contributed by atoms with Gasteiger partial charge >= 0.3 is 0 Å². The van der Waals surface area contributed by atoms with Crippen molar-refractivity contribution in [1.29, 1.82) is 0 Å². The van der Waals surface area contributed by atoms with Crippen molar-refractivity contribution in [3.63, 3.8) is 0 Å². The van der Waals surface area contributed by atoms with Gasteiger partial charge in [0.15, 0.2) is 11.5 Å². The summed E-state index contributed by atoms with van der Waals surface area (Å²) in [4.78, 5) is 1.20. The summed E-state index contributed by atoms with van der Waals surface area (Å²) in [6.07, 6.45) is 0.990. The van der Waals surface area contributed by atoms with Gasteiger partial charge in [-0.15, -0.1) is 22.9 Å². The molecule has 0 bridgehead atoms. The van der Waals surface area contributed by atoms with E-state index in [9.17, 15) is 0 Å². The van der Waals surface area contributed by atoms with E-state index in [2.05, 4.69) is 34.3 Å². The van der Waals surface area contributed by atoms with Crippen LogP contribution >= 0.6 is 38.9 Å². The SMILES string of the molecule is CCc1ccsc1C(Cl)c1cc2c(cc1Br)OCCO2. The molecule has 3 rings (SSSR count). The van der Waals surface area contributed by atoms with Gasteiger partial charge in [-0.25, -0.2) is 0 Å². The predicted octanol–water partition coefficient (Wildman–Crippen LogP) is 5.17. The van der Waals surface area contributed by atoms with Gasteiger partial charge in [-0.05, 0) is 41.1 Å². The number of alkyl halides is 1. The Morgan fingerprint density at radius 2 is 2.00 bits per heavy atom. The normalized spacial score (nSPS) is 15.2. The number of hydrogen-bond donors (Lipinski definition) is 0. The minimum atomic E-state index is -0.171. The first-order chi connectivity index (χ1) is 9.70. The predicted molar refractivity (Wildman–Crippen MR) is 86.5 cm³/mol. The fourth-order valence-corrected chi connectivity index (χ4v) is 4.42. The molecule has 2 heterocycles. The molecule has 106 valence electrons. The molecule has 20 heavy (non-hydrogen) atoms. The first-order valence-electron chi connectivity index (χ1n) is 6.50. The van der Waals surface area contributed by atoms with Crippen molar-refractivity contribution in [2.24, 2.45) is 0 Å². The Morgan fingerprint density at radius 1 is 1.30 bits per heavy atom. The molecule has 1 aromatic carbocycles. The average molecular weight is 374 g/mol. The second-order valence-electron chi connectivity index (χ2n) is 4.54. The van der Waals surface area contributed by atoms with E-state index in [1.54, 1.807) is 11.3 Å². The largest absolute Gasteiger partial charge is 0.486 e.